The Morgan fingerprint density at radius 2 is 2.00 bits per heavy atom. The van der Waals surface area contributed by atoms with Gasteiger partial charge in [-0.15, -0.1) is 12.4 Å². The van der Waals surface area contributed by atoms with Crippen LogP contribution < -0.4 is 10.6 Å². The monoisotopic (exact) mass is 274 g/mol. The average Bonchev–Trinajstić information content (AvgIpc) is 2.33. The van der Waals surface area contributed by atoms with Crippen LogP contribution in [0.1, 0.15) is 19.3 Å². The number of rotatable bonds is 2. The molecule has 1 amide bonds. The lowest BCUT2D eigenvalue weighted by Crippen LogP contribution is -2.43. The van der Waals surface area contributed by atoms with Crippen molar-refractivity contribution in [3.05, 3.63) is 29.3 Å². The van der Waals surface area contributed by atoms with Crippen LogP contribution in [0.4, 0.5) is 5.69 Å². The summed E-state index contributed by atoms with van der Waals surface area (Å²) < 4.78 is 0. The molecule has 5 heteroatoms. The first-order valence-corrected chi connectivity index (χ1v) is 5.93. The summed E-state index contributed by atoms with van der Waals surface area (Å²) in [5.41, 5.74) is 0.793. The molecule has 1 saturated heterocycles. The van der Waals surface area contributed by atoms with E-state index in [9.17, 15) is 4.79 Å². The predicted octanol–water partition coefficient (Wildman–Crippen LogP) is 2.84. The number of piperidine rings is 1. The van der Waals surface area contributed by atoms with Crippen molar-refractivity contribution in [3.63, 3.8) is 0 Å². The largest absolute Gasteiger partial charge is 0.325 e. The van der Waals surface area contributed by atoms with E-state index in [1.165, 1.54) is 0 Å². The van der Waals surface area contributed by atoms with E-state index in [1.807, 2.05) is 12.1 Å². The second kappa shape index (κ2) is 6.84. The van der Waals surface area contributed by atoms with Crippen molar-refractivity contribution in [1.82, 2.24) is 5.32 Å². The van der Waals surface area contributed by atoms with Gasteiger partial charge in [0.1, 0.15) is 0 Å². The van der Waals surface area contributed by atoms with Gasteiger partial charge in [0, 0.05) is 10.7 Å². The van der Waals surface area contributed by atoms with Crippen molar-refractivity contribution in [1.29, 1.82) is 0 Å². The summed E-state index contributed by atoms with van der Waals surface area (Å²) in [5.74, 6) is 0.0435. The standard InChI is InChI=1S/C12H15ClN2O.ClH/c13-9-4-6-10(7-5-9)15-12(16)11-3-1-2-8-14-11;/h4-7,11,14H,1-3,8H2,(H,15,16);1H/t11-;/m0./s1. The van der Waals surface area contributed by atoms with Gasteiger partial charge < -0.3 is 10.6 Å². The molecule has 2 N–H and O–H groups in total. The predicted molar refractivity (Wildman–Crippen MR) is 73.0 cm³/mol. The van der Waals surface area contributed by atoms with E-state index in [0.29, 0.717) is 5.02 Å². The summed E-state index contributed by atoms with van der Waals surface area (Å²) in [6.07, 6.45) is 3.19. The molecule has 0 bridgehead atoms. The van der Waals surface area contributed by atoms with Crippen LogP contribution in [-0.2, 0) is 4.79 Å². The SMILES string of the molecule is Cl.O=C(Nc1ccc(Cl)cc1)[C@@H]1CCCCN1. The zero-order valence-electron chi connectivity index (χ0n) is 9.41. The quantitative estimate of drug-likeness (QED) is 0.871. The molecular weight excluding hydrogens is 259 g/mol. The van der Waals surface area contributed by atoms with E-state index in [0.717, 1.165) is 31.5 Å². The lowest BCUT2D eigenvalue weighted by atomic mass is 10.0. The van der Waals surface area contributed by atoms with Gasteiger partial charge in [-0.25, -0.2) is 0 Å². The number of hydrogen-bond donors (Lipinski definition) is 2. The minimum Gasteiger partial charge on any atom is -0.325 e. The Hall–Kier alpha value is -0.770. The van der Waals surface area contributed by atoms with Gasteiger partial charge in [0.25, 0.3) is 0 Å². The van der Waals surface area contributed by atoms with Crippen LogP contribution in [0.2, 0.25) is 5.02 Å². The van der Waals surface area contributed by atoms with Crippen LogP contribution in [0.3, 0.4) is 0 Å². The van der Waals surface area contributed by atoms with Crippen LogP contribution in [-0.4, -0.2) is 18.5 Å². The van der Waals surface area contributed by atoms with E-state index in [-0.39, 0.29) is 24.4 Å². The van der Waals surface area contributed by atoms with Crippen LogP contribution in [0.15, 0.2) is 24.3 Å². The highest BCUT2D eigenvalue weighted by Crippen LogP contribution is 2.15. The van der Waals surface area contributed by atoms with E-state index in [2.05, 4.69) is 10.6 Å². The molecule has 0 radical (unpaired) electrons. The van der Waals surface area contributed by atoms with Crippen molar-refractivity contribution in [3.8, 4) is 0 Å². The van der Waals surface area contributed by atoms with Crippen molar-refractivity contribution in [2.24, 2.45) is 0 Å². The van der Waals surface area contributed by atoms with Gasteiger partial charge in [-0.1, -0.05) is 18.0 Å². The zero-order valence-corrected chi connectivity index (χ0v) is 11.0. The zero-order chi connectivity index (χ0) is 11.4. The van der Waals surface area contributed by atoms with Gasteiger partial charge in [-0.2, -0.15) is 0 Å². The summed E-state index contributed by atoms with van der Waals surface area (Å²) >= 11 is 5.77. The molecule has 2 rings (SSSR count). The molecule has 1 aromatic rings. The molecule has 0 saturated carbocycles. The normalized spacial score (nSPS) is 19.2. The molecule has 0 aromatic heterocycles. The molecule has 0 unspecified atom stereocenters. The molecule has 1 aliphatic rings. The lowest BCUT2D eigenvalue weighted by molar-refractivity contribution is -0.118. The van der Waals surface area contributed by atoms with Crippen molar-refractivity contribution in [2.75, 3.05) is 11.9 Å². The molecule has 1 aliphatic heterocycles. The summed E-state index contributed by atoms with van der Waals surface area (Å²) in [5, 5.41) is 6.77. The average molecular weight is 275 g/mol. The van der Waals surface area contributed by atoms with Gasteiger partial charge in [0.05, 0.1) is 6.04 Å². The van der Waals surface area contributed by atoms with Gasteiger partial charge in [0.2, 0.25) is 5.91 Å². The number of benzene rings is 1. The number of carbonyl (C=O) groups excluding carboxylic acids is 1. The fourth-order valence-electron chi connectivity index (χ4n) is 1.84. The van der Waals surface area contributed by atoms with E-state index >= 15 is 0 Å². The number of carbonyl (C=O) groups is 1. The Bertz CT molecular complexity index is 361. The Kier molecular flexibility index (Phi) is 5.75. The number of amides is 1. The Morgan fingerprint density at radius 3 is 2.59 bits per heavy atom. The van der Waals surface area contributed by atoms with Crippen LogP contribution in [0, 0.1) is 0 Å². The van der Waals surface area contributed by atoms with Gasteiger partial charge >= 0.3 is 0 Å². The first kappa shape index (κ1) is 14.3. The smallest absolute Gasteiger partial charge is 0.241 e. The van der Waals surface area contributed by atoms with Crippen molar-refractivity contribution >= 4 is 35.6 Å². The fourth-order valence-corrected chi connectivity index (χ4v) is 1.96. The van der Waals surface area contributed by atoms with E-state index in [1.54, 1.807) is 12.1 Å². The van der Waals surface area contributed by atoms with Crippen LogP contribution >= 0.6 is 24.0 Å². The molecule has 1 fully saturated rings. The summed E-state index contributed by atoms with van der Waals surface area (Å²) in [7, 11) is 0. The van der Waals surface area contributed by atoms with Crippen LogP contribution in [0.5, 0.6) is 0 Å². The molecule has 17 heavy (non-hydrogen) atoms. The van der Waals surface area contributed by atoms with Crippen molar-refractivity contribution < 1.29 is 4.79 Å². The third kappa shape index (κ3) is 4.19. The summed E-state index contributed by atoms with van der Waals surface area (Å²) in [6, 6.07) is 7.10. The first-order chi connectivity index (χ1) is 7.75. The second-order valence-electron chi connectivity index (χ2n) is 4.00. The van der Waals surface area contributed by atoms with Crippen molar-refractivity contribution in [2.45, 2.75) is 25.3 Å². The van der Waals surface area contributed by atoms with Gasteiger partial charge in [-0.05, 0) is 43.7 Å². The second-order valence-corrected chi connectivity index (χ2v) is 4.44. The molecule has 0 spiro atoms. The molecule has 94 valence electrons. The molecule has 1 heterocycles. The minimum atomic E-state index is -0.0515. The minimum absolute atomic E-state index is 0. The maximum atomic E-state index is 11.8. The fraction of sp³-hybridized carbons (Fsp3) is 0.417. The molecule has 1 atom stereocenters. The van der Waals surface area contributed by atoms with Gasteiger partial charge in [0.15, 0.2) is 0 Å². The maximum Gasteiger partial charge on any atom is 0.241 e. The van der Waals surface area contributed by atoms with E-state index < -0.39 is 0 Å². The topological polar surface area (TPSA) is 41.1 Å². The number of anilines is 1. The van der Waals surface area contributed by atoms with Gasteiger partial charge in [-0.3, -0.25) is 4.79 Å². The third-order valence-corrected chi connectivity index (χ3v) is 2.99. The summed E-state index contributed by atoms with van der Waals surface area (Å²) in [6.45, 7) is 0.929. The first-order valence-electron chi connectivity index (χ1n) is 5.55. The Balaban J connectivity index is 0.00000144. The molecule has 0 aliphatic carbocycles. The lowest BCUT2D eigenvalue weighted by Gasteiger charge is -2.22. The molecular formula is C12H16Cl2N2O. The summed E-state index contributed by atoms with van der Waals surface area (Å²) in [4.78, 5) is 11.8. The Morgan fingerprint density at radius 1 is 1.29 bits per heavy atom. The van der Waals surface area contributed by atoms with E-state index in [4.69, 9.17) is 11.6 Å². The Labute approximate surface area is 112 Å². The highest BCUT2D eigenvalue weighted by atomic mass is 35.5. The molecule has 1 aromatic carbocycles. The highest BCUT2D eigenvalue weighted by Gasteiger charge is 2.20. The third-order valence-electron chi connectivity index (χ3n) is 2.74. The number of nitrogens with one attached hydrogen (secondary N) is 2. The highest BCUT2D eigenvalue weighted by molar-refractivity contribution is 6.30. The maximum absolute atomic E-state index is 11.8. The number of halogens is 2. The van der Waals surface area contributed by atoms with Crippen LogP contribution in [0.25, 0.3) is 0 Å². The number of hydrogen-bond acceptors (Lipinski definition) is 2. The molecule has 3 nitrogen and oxygen atoms in total.